The van der Waals surface area contributed by atoms with E-state index in [-0.39, 0.29) is 5.82 Å². The third-order valence-electron chi connectivity index (χ3n) is 1.73. The molecule has 2 aromatic rings. The van der Waals surface area contributed by atoms with Gasteiger partial charge in [0.1, 0.15) is 0 Å². The summed E-state index contributed by atoms with van der Waals surface area (Å²) in [5, 5.41) is 3.86. The largest absolute Gasteiger partial charge is 0.252 e. The van der Waals surface area contributed by atoms with Crippen molar-refractivity contribution in [3.8, 4) is 0 Å². The van der Waals surface area contributed by atoms with E-state index in [0.717, 1.165) is 5.69 Å². The molecule has 0 aliphatic carbocycles. The van der Waals surface area contributed by atoms with E-state index in [1.165, 1.54) is 4.52 Å². The molecule has 0 unspecified atom stereocenters. The van der Waals surface area contributed by atoms with Crippen LogP contribution in [0.2, 0.25) is 0 Å². The van der Waals surface area contributed by atoms with Gasteiger partial charge in [0, 0.05) is 11.9 Å². The van der Waals surface area contributed by atoms with Gasteiger partial charge in [-0.25, -0.2) is 18.3 Å². The van der Waals surface area contributed by atoms with E-state index in [0.29, 0.717) is 5.78 Å². The topological polar surface area (TPSA) is 43.1 Å². The number of aryl methyl sites for hydroxylation is 1. The molecule has 2 aromatic heterocycles. The van der Waals surface area contributed by atoms with Crippen LogP contribution in [0, 0.1) is 6.92 Å². The predicted octanol–water partition coefficient (Wildman–Crippen LogP) is 1.24. The lowest BCUT2D eigenvalue weighted by atomic mass is 10.4. The Balaban J connectivity index is 2.41. The molecule has 2 heterocycles. The molecule has 0 aliphatic rings. The van der Waals surface area contributed by atoms with Crippen molar-refractivity contribution in [2.45, 2.75) is 19.8 Å². The average Bonchev–Trinajstić information content (AvgIpc) is 2.44. The van der Waals surface area contributed by atoms with Gasteiger partial charge in [0.05, 0.1) is 6.42 Å². The Morgan fingerprint density at radius 1 is 1.43 bits per heavy atom. The predicted molar refractivity (Wildman–Crippen MR) is 45.2 cm³/mol. The number of hydrogen-bond donors (Lipinski definition) is 0. The van der Waals surface area contributed by atoms with Crippen LogP contribution in [0.25, 0.3) is 5.78 Å². The van der Waals surface area contributed by atoms with Crippen molar-refractivity contribution in [3.05, 3.63) is 23.8 Å². The Kier molecular flexibility index (Phi) is 2.11. The number of alkyl halides is 2. The quantitative estimate of drug-likeness (QED) is 0.729. The molecule has 14 heavy (non-hydrogen) atoms. The van der Waals surface area contributed by atoms with Gasteiger partial charge in [-0.3, -0.25) is 0 Å². The van der Waals surface area contributed by atoms with E-state index in [1.54, 1.807) is 12.3 Å². The molecule has 0 fully saturated rings. The third kappa shape index (κ3) is 1.68. The highest BCUT2D eigenvalue weighted by molar-refractivity contribution is 5.27. The summed E-state index contributed by atoms with van der Waals surface area (Å²) >= 11 is 0. The molecule has 74 valence electrons. The third-order valence-corrected chi connectivity index (χ3v) is 1.73. The fraction of sp³-hybridized carbons (Fsp3) is 0.375. The normalized spacial score (nSPS) is 11.4. The Morgan fingerprint density at radius 2 is 2.21 bits per heavy atom. The highest BCUT2D eigenvalue weighted by atomic mass is 19.3. The summed E-state index contributed by atoms with van der Waals surface area (Å²) < 4.78 is 25.4. The van der Waals surface area contributed by atoms with Crippen LogP contribution >= 0.6 is 0 Å². The van der Waals surface area contributed by atoms with Crippen LogP contribution in [-0.4, -0.2) is 26.0 Å². The first-order valence-corrected chi connectivity index (χ1v) is 4.12. The lowest BCUT2D eigenvalue weighted by molar-refractivity contribution is 0.146. The first kappa shape index (κ1) is 8.98. The van der Waals surface area contributed by atoms with E-state index in [2.05, 4.69) is 15.1 Å². The molecule has 0 atom stereocenters. The Morgan fingerprint density at radius 3 is 2.93 bits per heavy atom. The van der Waals surface area contributed by atoms with Gasteiger partial charge >= 0.3 is 0 Å². The first-order valence-electron chi connectivity index (χ1n) is 4.12. The fourth-order valence-electron chi connectivity index (χ4n) is 1.13. The highest BCUT2D eigenvalue weighted by Gasteiger charge is 2.10. The Hall–Kier alpha value is -1.59. The van der Waals surface area contributed by atoms with Gasteiger partial charge in [0.25, 0.3) is 5.78 Å². The average molecular weight is 198 g/mol. The molecule has 6 heteroatoms. The summed E-state index contributed by atoms with van der Waals surface area (Å²) in [6.45, 7) is 1.81. The SMILES string of the molecule is Cc1ccn2nc(CC(F)F)nc2n1. The van der Waals surface area contributed by atoms with Crippen LogP contribution in [0.3, 0.4) is 0 Å². The molecule has 0 N–H and O–H groups in total. The molecule has 2 rings (SSSR count). The van der Waals surface area contributed by atoms with Gasteiger partial charge in [-0.05, 0) is 13.0 Å². The molecular weight excluding hydrogens is 190 g/mol. The van der Waals surface area contributed by atoms with Gasteiger partial charge in [-0.15, -0.1) is 5.10 Å². The number of aromatic nitrogens is 4. The zero-order valence-electron chi connectivity index (χ0n) is 7.48. The van der Waals surface area contributed by atoms with Crippen molar-refractivity contribution in [2.24, 2.45) is 0 Å². The Labute approximate surface area is 78.6 Å². The van der Waals surface area contributed by atoms with Crippen molar-refractivity contribution in [2.75, 3.05) is 0 Å². The summed E-state index contributed by atoms with van der Waals surface area (Å²) in [5.41, 5.74) is 0.786. The summed E-state index contributed by atoms with van der Waals surface area (Å²) in [5.74, 6) is 0.485. The number of rotatable bonds is 2. The lowest BCUT2D eigenvalue weighted by Crippen LogP contribution is -1.98. The van der Waals surface area contributed by atoms with Crippen molar-refractivity contribution < 1.29 is 8.78 Å². The van der Waals surface area contributed by atoms with E-state index >= 15 is 0 Å². The molecule has 0 bridgehead atoms. The van der Waals surface area contributed by atoms with Crippen molar-refractivity contribution in [1.29, 1.82) is 0 Å². The molecule has 0 radical (unpaired) electrons. The second-order valence-corrected chi connectivity index (χ2v) is 2.94. The number of nitrogens with zero attached hydrogens (tertiary/aromatic N) is 4. The number of halogens is 2. The Bertz CT molecular complexity index is 452. The molecule has 0 saturated heterocycles. The molecule has 0 saturated carbocycles. The molecular formula is C8H8F2N4. The zero-order chi connectivity index (χ0) is 10.1. The van der Waals surface area contributed by atoms with Gasteiger partial charge in [0.15, 0.2) is 5.82 Å². The highest BCUT2D eigenvalue weighted by Crippen LogP contribution is 2.04. The van der Waals surface area contributed by atoms with E-state index in [4.69, 9.17) is 0 Å². The van der Waals surface area contributed by atoms with Crippen LogP contribution in [0.15, 0.2) is 12.3 Å². The molecule has 4 nitrogen and oxygen atoms in total. The summed E-state index contributed by atoms with van der Waals surface area (Å²) in [6.07, 6.45) is -1.20. The van der Waals surface area contributed by atoms with E-state index < -0.39 is 12.8 Å². The van der Waals surface area contributed by atoms with Crippen LogP contribution < -0.4 is 0 Å². The maximum Gasteiger partial charge on any atom is 0.252 e. The van der Waals surface area contributed by atoms with Crippen molar-refractivity contribution >= 4 is 5.78 Å². The standard InChI is InChI=1S/C8H8F2N4/c1-5-2-3-14-8(11-5)12-7(13-14)4-6(9)10/h2-3,6H,4H2,1H3. The lowest BCUT2D eigenvalue weighted by Gasteiger charge is -1.90. The van der Waals surface area contributed by atoms with Crippen LogP contribution in [0.1, 0.15) is 11.5 Å². The van der Waals surface area contributed by atoms with Gasteiger partial charge in [0.2, 0.25) is 6.43 Å². The molecule has 0 amide bonds. The second kappa shape index (κ2) is 3.28. The minimum atomic E-state index is -2.42. The first-order chi connectivity index (χ1) is 6.65. The molecule has 0 aromatic carbocycles. The van der Waals surface area contributed by atoms with Crippen LogP contribution in [0.4, 0.5) is 8.78 Å². The minimum Gasteiger partial charge on any atom is -0.216 e. The fourth-order valence-corrected chi connectivity index (χ4v) is 1.13. The summed E-state index contributed by atoms with van der Waals surface area (Å²) in [4.78, 5) is 7.92. The van der Waals surface area contributed by atoms with Crippen molar-refractivity contribution in [3.63, 3.8) is 0 Å². The number of hydrogen-bond acceptors (Lipinski definition) is 3. The van der Waals surface area contributed by atoms with E-state index in [9.17, 15) is 8.78 Å². The van der Waals surface area contributed by atoms with Gasteiger partial charge in [-0.2, -0.15) is 4.98 Å². The monoisotopic (exact) mass is 198 g/mol. The molecule has 0 aliphatic heterocycles. The smallest absolute Gasteiger partial charge is 0.216 e. The van der Waals surface area contributed by atoms with Crippen LogP contribution in [-0.2, 0) is 6.42 Å². The summed E-state index contributed by atoms with van der Waals surface area (Å²) in [7, 11) is 0. The summed E-state index contributed by atoms with van der Waals surface area (Å²) in [6, 6.07) is 1.74. The minimum absolute atomic E-state index is 0.123. The maximum absolute atomic E-state index is 12.0. The zero-order valence-corrected chi connectivity index (χ0v) is 7.48. The number of fused-ring (bicyclic) bond motifs is 1. The van der Waals surface area contributed by atoms with E-state index in [1.807, 2.05) is 6.92 Å². The van der Waals surface area contributed by atoms with Crippen molar-refractivity contribution in [1.82, 2.24) is 19.6 Å². The second-order valence-electron chi connectivity index (χ2n) is 2.94. The van der Waals surface area contributed by atoms with Gasteiger partial charge in [-0.1, -0.05) is 0 Å². The molecule has 0 spiro atoms. The van der Waals surface area contributed by atoms with Crippen LogP contribution in [0.5, 0.6) is 0 Å². The van der Waals surface area contributed by atoms with Gasteiger partial charge < -0.3 is 0 Å². The maximum atomic E-state index is 12.0.